The van der Waals surface area contributed by atoms with Crippen molar-refractivity contribution in [3.8, 4) is 0 Å². The van der Waals surface area contributed by atoms with E-state index in [9.17, 15) is 9.90 Å². The second-order valence-corrected chi connectivity index (χ2v) is 6.77. The van der Waals surface area contributed by atoms with Gasteiger partial charge >= 0.3 is 0 Å². The predicted molar refractivity (Wildman–Crippen MR) is 96.8 cm³/mol. The Balaban J connectivity index is 1.57. The van der Waals surface area contributed by atoms with Crippen LogP contribution in [0.3, 0.4) is 0 Å². The summed E-state index contributed by atoms with van der Waals surface area (Å²) in [5.74, 6) is 0.232. The Morgan fingerprint density at radius 2 is 2.17 bits per heavy atom. The molecule has 24 heavy (non-hydrogen) atoms. The van der Waals surface area contributed by atoms with E-state index in [1.165, 1.54) is 6.08 Å². The molecule has 0 aliphatic heterocycles. The third-order valence-electron chi connectivity index (χ3n) is 4.40. The summed E-state index contributed by atoms with van der Waals surface area (Å²) in [6.07, 6.45) is 6.72. The molecule has 0 saturated heterocycles. The standard InChI is InChI=1S/C19H21ClN2O2/c20-15-6-4-14-5-7-16(22-18(14)11-15)8-9-19(24)21-12-13-2-1-3-17(23)10-13/h4-9,11,13,17,23H,1-3,10,12H2,(H,21,24)/b9-8+. The third-order valence-corrected chi connectivity index (χ3v) is 4.64. The number of pyridine rings is 1. The summed E-state index contributed by atoms with van der Waals surface area (Å²) in [6, 6.07) is 9.39. The van der Waals surface area contributed by atoms with Gasteiger partial charge in [0.1, 0.15) is 0 Å². The minimum Gasteiger partial charge on any atom is -0.393 e. The van der Waals surface area contributed by atoms with Crippen molar-refractivity contribution >= 4 is 34.5 Å². The minimum absolute atomic E-state index is 0.136. The lowest BCUT2D eigenvalue weighted by Gasteiger charge is -2.25. The first-order valence-electron chi connectivity index (χ1n) is 8.30. The van der Waals surface area contributed by atoms with E-state index in [1.807, 2.05) is 30.3 Å². The van der Waals surface area contributed by atoms with Crippen molar-refractivity contribution < 1.29 is 9.90 Å². The van der Waals surface area contributed by atoms with Crippen molar-refractivity contribution in [3.63, 3.8) is 0 Å². The van der Waals surface area contributed by atoms with Crippen molar-refractivity contribution in [3.05, 3.63) is 47.1 Å². The molecule has 126 valence electrons. The van der Waals surface area contributed by atoms with E-state index in [2.05, 4.69) is 10.3 Å². The molecule has 1 aliphatic rings. The molecule has 2 atom stereocenters. The van der Waals surface area contributed by atoms with E-state index < -0.39 is 0 Å². The summed E-state index contributed by atoms with van der Waals surface area (Å²) in [5, 5.41) is 14.2. The number of benzene rings is 1. The van der Waals surface area contributed by atoms with Gasteiger partial charge < -0.3 is 10.4 Å². The summed E-state index contributed by atoms with van der Waals surface area (Å²) in [7, 11) is 0. The second kappa shape index (κ2) is 7.77. The second-order valence-electron chi connectivity index (χ2n) is 6.34. The topological polar surface area (TPSA) is 62.2 Å². The number of carbonyl (C=O) groups is 1. The van der Waals surface area contributed by atoms with Gasteiger partial charge in [-0.2, -0.15) is 0 Å². The van der Waals surface area contributed by atoms with Gasteiger partial charge in [0.25, 0.3) is 0 Å². The monoisotopic (exact) mass is 344 g/mol. The Hall–Kier alpha value is -1.91. The molecule has 3 rings (SSSR count). The summed E-state index contributed by atoms with van der Waals surface area (Å²) in [4.78, 5) is 16.4. The van der Waals surface area contributed by atoms with Crippen molar-refractivity contribution in [2.45, 2.75) is 31.8 Å². The van der Waals surface area contributed by atoms with Crippen LogP contribution in [0.4, 0.5) is 0 Å². The lowest BCUT2D eigenvalue weighted by Crippen LogP contribution is -2.32. The Labute approximate surface area is 146 Å². The van der Waals surface area contributed by atoms with E-state index in [-0.39, 0.29) is 12.0 Å². The van der Waals surface area contributed by atoms with Crippen molar-refractivity contribution in [1.82, 2.24) is 10.3 Å². The maximum atomic E-state index is 11.9. The average molecular weight is 345 g/mol. The molecule has 2 unspecified atom stereocenters. The molecule has 4 nitrogen and oxygen atoms in total. The smallest absolute Gasteiger partial charge is 0.244 e. The number of nitrogens with zero attached hydrogens (tertiary/aromatic N) is 1. The SMILES string of the molecule is O=C(/C=C/c1ccc2ccc(Cl)cc2n1)NCC1CCCC(O)C1. The summed E-state index contributed by atoms with van der Waals surface area (Å²) in [6.45, 7) is 0.612. The Morgan fingerprint density at radius 3 is 3.00 bits per heavy atom. The van der Waals surface area contributed by atoms with Crippen molar-refractivity contribution in [1.29, 1.82) is 0 Å². The van der Waals surface area contributed by atoms with E-state index >= 15 is 0 Å². The molecule has 1 fully saturated rings. The van der Waals surface area contributed by atoms with Gasteiger partial charge in [-0.15, -0.1) is 0 Å². The zero-order valence-corrected chi connectivity index (χ0v) is 14.2. The van der Waals surface area contributed by atoms with Gasteiger partial charge in [0, 0.05) is 23.0 Å². The lowest BCUT2D eigenvalue weighted by atomic mass is 9.87. The number of fused-ring (bicyclic) bond motifs is 1. The Kier molecular flexibility index (Phi) is 5.48. The number of hydrogen-bond acceptors (Lipinski definition) is 3. The number of amides is 1. The maximum absolute atomic E-state index is 11.9. The number of nitrogens with one attached hydrogen (secondary N) is 1. The fourth-order valence-electron chi connectivity index (χ4n) is 3.11. The number of halogens is 1. The van der Waals surface area contributed by atoms with E-state index in [1.54, 1.807) is 6.08 Å². The molecule has 1 aromatic heterocycles. The molecule has 0 radical (unpaired) electrons. The van der Waals surface area contributed by atoms with Gasteiger partial charge in [-0.3, -0.25) is 4.79 Å². The summed E-state index contributed by atoms with van der Waals surface area (Å²) < 4.78 is 0. The van der Waals surface area contributed by atoms with Crippen LogP contribution < -0.4 is 5.32 Å². The number of aliphatic hydroxyl groups excluding tert-OH is 1. The number of aromatic nitrogens is 1. The fourth-order valence-corrected chi connectivity index (χ4v) is 3.28. The number of carbonyl (C=O) groups excluding carboxylic acids is 1. The van der Waals surface area contributed by atoms with Crippen LogP contribution in [0.5, 0.6) is 0 Å². The van der Waals surface area contributed by atoms with Gasteiger partial charge in [0.15, 0.2) is 0 Å². The van der Waals surface area contributed by atoms with E-state index in [0.717, 1.165) is 36.6 Å². The molecular formula is C19H21ClN2O2. The Bertz CT molecular complexity index is 760. The largest absolute Gasteiger partial charge is 0.393 e. The molecule has 0 spiro atoms. The highest BCUT2D eigenvalue weighted by atomic mass is 35.5. The highest BCUT2D eigenvalue weighted by molar-refractivity contribution is 6.31. The van der Waals surface area contributed by atoms with Gasteiger partial charge in [-0.05, 0) is 49.5 Å². The molecule has 0 bridgehead atoms. The van der Waals surface area contributed by atoms with Gasteiger partial charge in [0.2, 0.25) is 5.91 Å². The zero-order chi connectivity index (χ0) is 16.9. The molecule has 1 heterocycles. The van der Waals surface area contributed by atoms with Crippen LogP contribution in [0.25, 0.3) is 17.0 Å². The molecule has 5 heteroatoms. The van der Waals surface area contributed by atoms with Gasteiger partial charge in [0.05, 0.1) is 17.3 Å². The van der Waals surface area contributed by atoms with Gasteiger partial charge in [-0.1, -0.05) is 30.2 Å². The van der Waals surface area contributed by atoms with Crippen LogP contribution in [0.15, 0.2) is 36.4 Å². The maximum Gasteiger partial charge on any atom is 0.244 e. The van der Waals surface area contributed by atoms with Crippen LogP contribution >= 0.6 is 11.6 Å². The lowest BCUT2D eigenvalue weighted by molar-refractivity contribution is -0.116. The van der Waals surface area contributed by atoms with Crippen LogP contribution in [0.1, 0.15) is 31.4 Å². The number of rotatable bonds is 4. The molecule has 1 aliphatic carbocycles. The summed E-state index contributed by atoms with van der Waals surface area (Å²) in [5.41, 5.74) is 1.52. The quantitative estimate of drug-likeness (QED) is 0.833. The third kappa shape index (κ3) is 4.56. The van der Waals surface area contributed by atoms with E-state index in [0.29, 0.717) is 23.2 Å². The van der Waals surface area contributed by atoms with Crippen LogP contribution in [-0.2, 0) is 4.79 Å². The number of aliphatic hydroxyl groups is 1. The number of hydrogen-bond donors (Lipinski definition) is 2. The van der Waals surface area contributed by atoms with Crippen LogP contribution in [0.2, 0.25) is 5.02 Å². The van der Waals surface area contributed by atoms with Crippen molar-refractivity contribution in [2.75, 3.05) is 6.54 Å². The van der Waals surface area contributed by atoms with Crippen molar-refractivity contribution in [2.24, 2.45) is 5.92 Å². The van der Waals surface area contributed by atoms with Crippen LogP contribution in [-0.4, -0.2) is 28.6 Å². The first-order chi connectivity index (χ1) is 11.6. The first-order valence-corrected chi connectivity index (χ1v) is 8.68. The highest BCUT2D eigenvalue weighted by Crippen LogP contribution is 2.23. The molecule has 1 saturated carbocycles. The zero-order valence-electron chi connectivity index (χ0n) is 13.4. The van der Waals surface area contributed by atoms with Crippen LogP contribution in [0, 0.1) is 5.92 Å². The molecule has 2 aromatic rings. The molecule has 1 aromatic carbocycles. The molecular weight excluding hydrogens is 324 g/mol. The van der Waals surface area contributed by atoms with Gasteiger partial charge in [-0.25, -0.2) is 4.98 Å². The molecule has 2 N–H and O–H groups in total. The fraction of sp³-hybridized carbons (Fsp3) is 0.368. The molecule has 1 amide bonds. The Morgan fingerprint density at radius 1 is 1.33 bits per heavy atom. The first kappa shape index (κ1) is 16.9. The van der Waals surface area contributed by atoms with E-state index in [4.69, 9.17) is 11.6 Å². The normalized spacial score (nSPS) is 21.2. The summed E-state index contributed by atoms with van der Waals surface area (Å²) >= 11 is 5.98. The predicted octanol–water partition coefficient (Wildman–Crippen LogP) is 3.57. The highest BCUT2D eigenvalue weighted by Gasteiger charge is 2.20. The minimum atomic E-state index is -0.218. The average Bonchev–Trinajstić information content (AvgIpc) is 2.58.